The molecule has 29 heavy (non-hydrogen) atoms. The fourth-order valence-electron chi connectivity index (χ4n) is 4.42. The number of hydrogen-bond donors (Lipinski definition) is 1. The summed E-state index contributed by atoms with van der Waals surface area (Å²) in [6, 6.07) is -0.308. The van der Waals surface area contributed by atoms with Crippen LogP contribution in [-0.4, -0.2) is 65.7 Å². The van der Waals surface area contributed by atoms with Gasteiger partial charge in [-0.1, -0.05) is 5.16 Å². The number of imidazole rings is 1. The van der Waals surface area contributed by atoms with E-state index in [1.807, 2.05) is 0 Å². The van der Waals surface area contributed by atoms with Gasteiger partial charge in [-0.15, -0.1) is 0 Å². The Bertz CT molecular complexity index is 1120. The number of aryl methyl sites for hydroxylation is 2. The highest BCUT2D eigenvalue weighted by Crippen LogP contribution is 2.51. The maximum Gasteiger partial charge on any atom is 0.262 e. The molecule has 2 aliphatic rings. The van der Waals surface area contributed by atoms with Crippen molar-refractivity contribution in [1.82, 2.24) is 28.7 Å². The highest BCUT2D eigenvalue weighted by Gasteiger charge is 2.59. The second-order valence-corrected chi connectivity index (χ2v) is 11.8. The molecule has 13 heteroatoms. The van der Waals surface area contributed by atoms with Crippen molar-refractivity contribution in [2.24, 2.45) is 13.0 Å². The third-order valence-corrected chi connectivity index (χ3v) is 8.96. The van der Waals surface area contributed by atoms with Gasteiger partial charge in [-0.05, 0) is 32.6 Å². The lowest BCUT2D eigenvalue weighted by Gasteiger charge is -2.25. The molecule has 2 aromatic heterocycles. The molecule has 2 fully saturated rings. The van der Waals surface area contributed by atoms with Gasteiger partial charge in [0, 0.05) is 32.4 Å². The Balaban J connectivity index is 1.67. The van der Waals surface area contributed by atoms with Crippen molar-refractivity contribution in [2.75, 3.05) is 18.8 Å². The van der Waals surface area contributed by atoms with Gasteiger partial charge in [0.05, 0.1) is 17.5 Å². The normalized spacial score (nSPS) is 28.1. The number of fused-ring (bicyclic) bond motifs is 1. The van der Waals surface area contributed by atoms with Crippen LogP contribution in [0.4, 0.5) is 0 Å². The van der Waals surface area contributed by atoms with Gasteiger partial charge in [0.15, 0.2) is 10.9 Å². The first kappa shape index (κ1) is 20.4. The summed E-state index contributed by atoms with van der Waals surface area (Å²) in [5, 5.41) is 3.86. The first-order valence-electron chi connectivity index (χ1n) is 9.34. The van der Waals surface area contributed by atoms with E-state index < -0.39 is 25.5 Å². The third-order valence-electron chi connectivity index (χ3n) is 5.81. The lowest BCUT2D eigenvalue weighted by atomic mass is 9.80. The van der Waals surface area contributed by atoms with E-state index in [2.05, 4.69) is 19.8 Å². The molecule has 1 unspecified atom stereocenters. The van der Waals surface area contributed by atoms with Crippen LogP contribution >= 0.6 is 0 Å². The van der Waals surface area contributed by atoms with Gasteiger partial charge >= 0.3 is 0 Å². The van der Waals surface area contributed by atoms with Crippen molar-refractivity contribution in [3.8, 4) is 0 Å². The minimum Gasteiger partial charge on any atom is -0.339 e. The maximum absolute atomic E-state index is 13.1. The molecule has 1 aliphatic carbocycles. The SMILES string of the molecule is CCS(=O)(=O)N[C@@H]1CC2CN(S(=O)(=O)c3cn(C)cn3)C[C@@]2(c2nc(C)no2)C1. The number of nitrogens with one attached hydrogen (secondary N) is 1. The number of sulfonamides is 2. The summed E-state index contributed by atoms with van der Waals surface area (Å²) in [7, 11) is -5.46. The summed E-state index contributed by atoms with van der Waals surface area (Å²) in [5.74, 6) is 0.653. The van der Waals surface area contributed by atoms with E-state index in [9.17, 15) is 16.8 Å². The van der Waals surface area contributed by atoms with Gasteiger partial charge in [0.25, 0.3) is 10.0 Å². The van der Waals surface area contributed by atoms with E-state index in [4.69, 9.17) is 4.52 Å². The van der Waals surface area contributed by atoms with Crippen molar-refractivity contribution < 1.29 is 21.4 Å². The van der Waals surface area contributed by atoms with Crippen molar-refractivity contribution in [3.05, 3.63) is 24.2 Å². The summed E-state index contributed by atoms with van der Waals surface area (Å²) in [5.41, 5.74) is -0.732. The van der Waals surface area contributed by atoms with Crippen LogP contribution in [0.3, 0.4) is 0 Å². The van der Waals surface area contributed by atoms with Crippen LogP contribution in [0.1, 0.15) is 31.5 Å². The topological polar surface area (TPSA) is 140 Å². The van der Waals surface area contributed by atoms with Crippen molar-refractivity contribution in [3.63, 3.8) is 0 Å². The molecule has 1 saturated heterocycles. The summed E-state index contributed by atoms with van der Waals surface area (Å²) in [6.07, 6.45) is 3.79. The van der Waals surface area contributed by atoms with Crippen LogP contribution in [0.25, 0.3) is 0 Å². The molecule has 3 atom stereocenters. The van der Waals surface area contributed by atoms with Crippen LogP contribution in [0.5, 0.6) is 0 Å². The summed E-state index contributed by atoms with van der Waals surface area (Å²) >= 11 is 0. The van der Waals surface area contributed by atoms with E-state index in [-0.39, 0.29) is 35.8 Å². The minimum absolute atomic E-state index is 0.0129. The van der Waals surface area contributed by atoms with Crippen molar-refractivity contribution in [2.45, 2.75) is 43.2 Å². The zero-order chi connectivity index (χ0) is 21.0. The Kier molecular flexibility index (Phi) is 4.83. The van der Waals surface area contributed by atoms with Crippen LogP contribution < -0.4 is 4.72 Å². The Labute approximate surface area is 169 Å². The summed E-state index contributed by atoms with van der Waals surface area (Å²) < 4.78 is 61.4. The van der Waals surface area contributed by atoms with Gasteiger partial charge < -0.3 is 9.09 Å². The fourth-order valence-corrected chi connectivity index (χ4v) is 6.80. The van der Waals surface area contributed by atoms with Gasteiger partial charge in [0.1, 0.15) is 0 Å². The van der Waals surface area contributed by atoms with Crippen LogP contribution in [0, 0.1) is 12.8 Å². The number of nitrogens with zero attached hydrogens (tertiary/aromatic N) is 5. The zero-order valence-electron chi connectivity index (χ0n) is 16.4. The highest BCUT2D eigenvalue weighted by molar-refractivity contribution is 7.89. The smallest absolute Gasteiger partial charge is 0.262 e. The maximum atomic E-state index is 13.1. The molecule has 3 heterocycles. The Hall–Kier alpha value is -1.83. The molecule has 4 rings (SSSR count). The van der Waals surface area contributed by atoms with E-state index >= 15 is 0 Å². The Morgan fingerprint density at radius 2 is 2.10 bits per heavy atom. The number of hydrogen-bond acceptors (Lipinski definition) is 8. The minimum atomic E-state index is -3.78. The lowest BCUT2D eigenvalue weighted by Crippen LogP contribution is -2.40. The number of aromatic nitrogens is 4. The molecule has 0 radical (unpaired) electrons. The molecule has 160 valence electrons. The number of rotatable bonds is 6. The van der Waals surface area contributed by atoms with Crippen LogP contribution in [-0.2, 0) is 32.5 Å². The predicted octanol–water partition coefficient (Wildman–Crippen LogP) is -0.228. The van der Waals surface area contributed by atoms with Gasteiger partial charge in [-0.25, -0.2) is 26.5 Å². The predicted molar refractivity (Wildman–Crippen MR) is 102 cm³/mol. The first-order valence-corrected chi connectivity index (χ1v) is 12.4. The molecular weight excluding hydrogens is 420 g/mol. The largest absolute Gasteiger partial charge is 0.339 e. The summed E-state index contributed by atoms with van der Waals surface area (Å²) in [6.45, 7) is 3.66. The second-order valence-electron chi connectivity index (χ2n) is 7.83. The molecule has 1 saturated carbocycles. The summed E-state index contributed by atoms with van der Waals surface area (Å²) in [4.78, 5) is 8.36. The van der Waals surface area contributed by atoms with Gasteiger partial charge in [-0.2, -0.15) is 9.29 Å². The quantitative estimate of drug-likeness (QED) is 0.644. The van der Waals surface area contributed by atoms with Crippen LogP contribution in [0.15, 0.2) is 22.1 Å². The molecule has 2 aromatic rings. The third kappa shape index (κ3) is 3.49. The van der Waals surface area contributed by atoms with E-state index in [1.165, 1.54) is 16.8 Å². The van der Waals surface area contributed by atoms with Gasteiger partial charge in [-0.3, -0.25) is 0 Å². The van der Waals surface area contributed by atoms with E-state index in [1.54, 1.807) is 25.5 Å². The van der Waals surface area contributed by atoms with E-state index in [0.717, 1.165) is 0 Å². The fraction of sp³-hybridized carbons (Fsp3) is 0.688. The Morgan fingerprint density at radius 3 is 2.69 bits per heavy atom. The molecule has 11 nitrogen and oxygen atoms in total. The first-order chi connectivity index (χ1) is 13.6. The van der Waals surface area contributed by atoms with Crippen molar-refractivity contribution in [1.29, 1.82) is 0 Å². The monoisotopic (exact) mass is 444 g/mol. The zero-order valence-corrected chi connectivity index (χ0v) is 18.1. The van der Waals surface area contributed by atoms with Gasteiger partial charge in [0.2, 0.25) is 15.9 Å². The average molecular weight is 445 g/mol. The van der Waals surface area contributed by atoms with E-state index in [0.29, 0.717) is 24.6 Å². The molecule has 1 N–H and O–H groups in total. The lowest BCUT2D eigenvalue weighted by molar-refractivity contribution is 0.259. The standard InChI is InChI=1S/C16H24N6O5S2/c1-4-28(23,24)20-13-5-12-7-22(29(25,26)14-8-21(3)10-17-14)9-16(12,6-13)15-18-11(2)19-27-15/h8,10,12-13,20H,4-7,9H2,1-3H3/t12?,13-,16+/m1/s1. The Morgan fingerprint density at radius 1 is 1.34 bits per heavy atom. The van der Waals surface area contributed by atoms with Crippen LogP contribution in [0.2, 0.25) is 0 Å². The molecule has 0 aromatic carbocycles. The highest BCUT2D eigenvalue weighted by atomic mass is 32.2. The molecule has 0 bridgehead atoms. The molecule has 1 aliphatic heterocycles. The van der Waals surface area contributed by atoms with Crippen molar-refractivity contribution >= 4 is 20.0 Å². The average Bonchev–Trinajstić information content (AvgIpc) is 3.38. The molecule has 0 spiro atoms. The second kappa shape index (κ2) is 6.86. The molecular formula is C16H24N6O5S2. The molecule has 0 amide bonds.